The van der Waals surface area contributed by atoms with Gasteiger partial charge >= 0.3 is 0 Å². The molecule has 2 atom stereocenters. The van der Waals surface area contributed by atoms with E-state index < -0.39 is 0 Å². The molecule has 2 unspecified atom stereocenters. The first-order chi connectivity index (χ1) is 6.72. The van der Waals surface area contributed by atoms with Crippen molar-refractivity contribution in [3.8, 4) is 0 Å². The molecule has 0 amide bonds. The molecule has 1 aliphatic rings. The Labute approximate surface area is 92.6 Å². The highest BCUT2D eigenvalue weighted by Gasteiger charge is 2.26. The Morgan fingerprint density at radius 1 is 1.57 bits per heavy atom. The van der Waals surface area contributed by atoms with E-state index in [4.69, 9.17) is 0 Å². The maximum atomic E-state index is 10.8. The molecule has 2 rings (SSSR count). The molecule has 2 heteroatoms. The zero-order chi connectivity index (χ0) is 10.1. The summed E-state index contributed by atoms with van der Waals surface area (Å²) in [5, 5.41) is 0. The second-order valence-electron chi connectivity index (χ2n) is 3.98. The fourth-order valence-corrected chi connectivity index (χ4v) is 2.62. The van der Waals surface area contributed by atoms with Crippen LogP contribution in [-0.2, 0) is 11.2 Å². The van der Waals surface area contributed by atoms with E-state index in [1.165, 1.54) is 11.1 Å². The summed E-state index contributed by atoms with van der Waals surface area (Å²) in [6.07, 6.45) is 3.30. The second kappa shape index (κ2) is 3.85. The first kappa shape index (κ1) is 9.91. The van der Waals surface area contributed by atoms with E-state index in [-0.39, 0.29) is 5.92 Å². The molecule has 1 aromatic carbocycles. The summed E-state index contributed by atoms with van der Waals surface area (Å²) in [5.41, 5.74) is 2.77. The van der Waals surface area contributed by atoms with Crippen LogP contribution in [0.1, 0.15) is 30.4 Å². The van der Waals surface area contributed by atoms with Crippen molar-refractivity contribution in [1.29, 1.82) is 0 Å². The van der Waals surface area contributed by atoms with Gasteiger partial charge in [0.05, 0.1) is 0 Å². The van der Waals surface area contributed by atoms with E-state index in [0.717, 1.165) is 23.6 Å². The first-order valence-electron chi connectivity index (χ1n) is 4.96. The van der Waals surface area contributed by atoms with Crippen molar-refractivity contribution in [3.05, 3.63) is 33.8 Å². The van der Waals surface area contributed by atoms with Gasteiger partial charge in [-0.05, 0) is 42.0 Å². The van der Waals surface area contributed by atoms with Crippen molar-refractivity contribution in [2.75, 3.05) is 0 Å². The molecule has 74 valence electrons. The summed E-state index contributed by atoms with van der Waals surface area (Å²) >= 11 is 3.48. The number of hydrogen-bond acceptors (Lipinski definition) is 1. The van der Waals surface area contributed by atoms with Crippen LogP contribution >= 0.6 is 15.9 Å². The minimum absolute atomic E-state index is 0.144. The van der Waals surface area contributed by atoms with Crippen LogP contribution in [-0.4, -0.2) is 6.29 Å². The Morgan fingerprint density at radius 2 is 2.36 bits per heavy atom. The number of aldehydes is 1. The lowest BCUT2D eigenvalue weighted by molar-refractivity contribution is -0.111. The van der Waals surface area contributed by atoms with Gasteiger partial charge in [0, 0.05) is 10.4 Å². The molecule has 0 bridgehead atoms. The molecule has 0 spiro atoms. The number of benzene rings is 1. The maximum Gasteiger partial charge on any atom is 0.123 e. The van der Waals surface area contributed by atoms with Gasteiger partial charge in [-0.15, -0.1) is 0 Å². The van der Waals surface area contributed by atoms with Gasteiger partial charge in [0.15, 0.2) is 0 Å². The van der Waals surface area contributed by atoms with Crippen molar-refractivity contribution in [1.82, 2.24) is 0 Å². The fourth-order valence-electron chi connectivity index (χ4n) is 2.25. The lowest BCUT2D eigenvalue weighted by Crippen LogP contribution is -2.07. The largest absolute Gasteiger partial charge is 0.303 e. The molecule has 0 aliphatic heterocycles. The molecule has 0 saturated heterocycles. The van der Waals surface area contributed by atoms with Gasteiger partial charge in [-0.1, -0.05) is 28.9 Å². The van der Waals surface area contributed by atoms with Crippen LogP contribution in [0.2, 0.25) is 0 Å². The number of carbonyl (C=O) groups is 1. The van der Waals surface area contributed by atoms with Gasteiger partial charge in [0.25, 0.3) is 0 Å². The molecular weight excluding hydrogens is 240 g/mol. The predicted molar refractivity (Wildman–Crippen MR) is 60.4 cm³/mol. The summed E-state index contributed by atoms with van der Waals surface area (Å²) in [4.78, 5) is 10.8. The highest BCUT2D eigenvalue weighted by molar-refractivity contribution is 9.10. The number of hydrogen-bond donors (Lipinski definition) is 0. The van der Waals surface area contributed by atoms with E-state index in [1.807, 2.05) is 6.92 Å². The summed E-state index contributed by atoms with van der Waals surface area (Å²) in [6, 6.07) is 6.40. The average Bonchev–Trinajstić information content (AvgIpc) is 2.59. The Hall–Kier alpha value is -0.630. The monoisotopic (exact) mass is 252 g/mol. The fraction of sp³-hybridized carbons (Fsp3) is 0.417. The molecule has 14 heavy (non-hydrogen) atoms. The van der Waals surface area contributed by atoms with E-state index in [0.29, 0.717) is 5.92 Å². The van der Waals surface area contributed by atoms with Crippen LogP contribution in [0.4, 0.5) is 0 Å². The zero-order valence-corrected chi connectivity index (χ0v) is 9.75. The van der Waals surface area contributed by atoms with Crippen molar-refractivity contribution in [3.63, 3.8) is 0 Å². The summed E-state index contributed by atoms with van der Waals surface area (Å²) < 4.78 is 1.11. The van der Waals surface area contributed by atoms with Gasteiger partial charge < -0.3 is 4.79 Å². The van der Waals surface area contributed by atoms with E-state index >= 15 is 0 Å². The highest BCUT2D eigenvalue weighted by atomic mass is 79.9. The van der Waals surface area contributed by atoms with Crippen molar-refractivity contribution in [2.24, 2.45) is 5.92 Å². The van der Waals surface area contributed by atoms with Crippen LogP contribution in [0.5, 0.6) is 0 Å². The lowest BCUT2D eigenvalue weighted by Gasteiger charge is -2.14. The third-order valence-corrected chi connectivity index (χ3v) is 3.57. The van der Waals surface area contributed by atoms with E-state index in [2.05, 4.69) is 34.1 Å². The number of halogens is 1. The van der Waals surface area contributed by atoms with Gasteiger partial charge in [-0.25, -0.2) is 0 Å². The lowest BCUT2D eigenvalue weighted by atomic mass is 9.90. The Morgan fingerprint density at radius 3 is 3.07 bits per heavy atom. The van der Waals surface area contributed by atoms with Crippen LogP contribution < -0.4 is 0 Å². The standard InChI is InChI=1S/C12H13BrO/c1-8(7-14)11-5-3-9-2-4-10(13)6-12(9)11/h2,4,6-8,11H,3,5H2,1H3. The molecule has 0 radical (unpaired) electrons. The Bertz CT molecular complexity index is 359. The smallest absolute Gasteiger partial charge is 0.123 e. The van der Waals surface area contributed by atoms with Crippen LogP contribution in [0.15, 0.2) is 22.7 Å². The second-order valence-corrected chi connectivity index (χ2v) is 4.90. The topological polar surface area (TPSA) is 17.1 Å². The van der Waals surface area contributed by atoms with E-state index in [1.54, 1.807) is 0 Å². The van der Waals surface area contributed by atoms with Gasteiger partial charge in [0.1, 0.15) is 6.29 Å². The van der Waals surface area contributed by atoms with E-state index in [9.17, 15) is 4.79 Å². The molecule has 0 aromatic heterocycles. The zero-order valence-electron chi connectivity index (χ0n) is 8.16. The van der Waals surface area contributed by atoms with Crippen molar-refractivity contribution in [2.45, 2.75) is 25.7 Å². The summed E-state index contributed by atoms with van der Waals surface area (Å²) in [7, 11) is 0. The maximum absolute atomic E-state index is 10.8. The average molecular weight is 253 g/mol. The molecule has 0 fully saturated rings. The van der Waals surface area contributed by atoms with Gasteiger partial charge in [0.2, 0.25) is 0 Å². The van der Waals surface area contributed by atoms with Gasteiger partial charge in [-0.3, -0.25) is 0 Å². The molecule has 1 aromatic rings. The normalized spacial score (nSPS) is 21.7. The quantitative estimate of drug-likeness (QED) is 0.739. The predicted octanol–water partition coefficient (Wildman–Crippen LogP) is 3.31. The van der Waals surface area contributed by atoms with Crippen LogP contribution in [0.25, 0.3) is 0 Å². The molecule has 1 nitrogen and oxygen atoms in total. The first-order valence-corrected chi connectivity index (χ1v) is 5.75. The van der Waals surface area contributed by atoms with Crippen molar-refractivity contribution < 1.29 is 4.79 Å². The third kappa shape index (κ3) is 1.63. The third-order valence-electron chi connectivity index (χ3n) is 3.08. The highest BCUT2D eigenvalue weighted by Crippen LogP contribution is 2.38. The van der Waals surface area contributed by atoms with Gasteiger partial charge in [-0.2, -0.15) is 0 Å². The Kier molecular flexibility index (Phi) is 2.73. The summed E-state index contributed by atoms with van der Waals surface area (Å²) in [6.45, 7) is 2.01. The minimum atomic E-state index is 0.144. The number of carbonyl (C=O) groups excluding carboxylic acids is 1. The van der Waals surface area contributed by atoms with Crippen LogP contribution in [0, 0.1) is 5.92 Å². The molecule has 0 heterocycles. The number of aryl methyl sites for hydroxylation is 1. The Balaban J connectivity index is 2.37. The van der Waals surface area contributed by atoms with Crippen LogP contribution in [0.3, 0.4) is 0 Å². The molecule has 1 aliphatic carbocycles. The SMILES string of the molecule is CC(C=O)C1CCc2ccc(Br)cc21. The molecular formula is C12H13BrO. The molecule has 0 saturated carbocycles. The summed E-state index contributed by atoms with van der Waals surface area (Å²) in [5.74, 6) is 0.575. The molecule has 0 N–H and O–H groups in total. The number of fused-ring (bicyclic) bond motifs is 1. The minimum Gasteiger partial charge on any atom is -0.303 e. The number of rotatable bonds is 2. The van der Waals surface area contributed by atoms with Crippen molar-refractivity contribution >= 4 is 22.2 Å².